The second kappa shape index (κ2) is 4.10. The maximum absolute atomic E-state index is 12.4. The molecule has 0 amide bonds. The largest absolute Gasteiger partial charge is 0.420 e. The molecule has 0 saturated carbocycles. The van der Waals surface area contributed by atoms with E-state index >= 15 is 0 Å². The van der Waals surface area contributed by atoms with Gasteiger partial charge in [0.1, 0.15) is 0 Å². The van der Waals surface area contributed by atoms with Gasteiger partial charge in [-0.05, 0) is 27.7 Å². The van der Waals surface area contributed by atoms with Gasteiger partial charge in [0.25, 0.3) is 0 Å². The molecule has 0 heterocycles. The zero-order valence-electron chi connectivity index (χ0n) is 8.90. The summed E-state index contributed by atoms with van der Waals surface area (Å²) in [5, 5.41) is 8.47. The highest BCUT2D eigenvalue weighted by molar-refractivity contribution is 7.84. The molecule has 2 atom stereocenters. The number of nitrogens with one attached hydrogen (secondary N) is 1. The highest BCUT2D eigenvalue weighted by atomic mass is 32.2. The summed E-state index contributed by atoms with van der Waals surface area (Å²) in [6.07, 6.45) is -4.76. The Morgan fingerprint density at radius 2 is 1.60 bits per heavy atom. The molecule has 0 aromatic rings. The first-order valence-corrected chi connectivity index (χ1v) is 5.27. The Labute approximate surface area is 89.2 Å². The van der Waals surface area contributed by atoms with Gasteiger partial charge in [0.15, 0.2) is 0 Å². The van der Waals surface area contributed by atoms with Crippen molar-refractivity contribution in [3.8, 4) is 6.07 Å². The maximum Gasteiger partial charge on any atom is 0.420 e. The zero-order chi connectivity index (χ0) is 12.5. The normalized spacial score (nSPS) is 19.1. The van der Waals surface area contributed by atoms with Crippen LogP contribution < -0.4 is 4.72 Å². The third kappa shape index (κ3) is 3.47. The fraction of sp³-hybridized carbons (Fsp3) is 0.875. The van der Waals surface area contributed by atoms with Crippen molar-refractivity contribution in [1.29, 1.82) is 5.26 Å². The first-order chi connectivity index (χ1) is 6.44. The van der Waals surface area contributed by atoms with Crippen LogP contribution in [0, 0.1) is 11.3 Å². The fourth-order valence-corrected chi connectivity index (χ4v) is 1.32. The highest BCUT2D eigenvalue weighted by Crippen LogP contribution is 2.30. The molecule has 0 aliphatic heterocycles. The summed E-state index contributed by atoms with van der Waals surface area (Å²) in [4.78, 5) is 0. The fourth-order valence-electron chi connectivity index (χ4n) is 0.483. The van der Waals surface area contributed by atoms with Crippen LogP contribution in [0.2, 0.25) is 0 Å². The monoisotopic (exact) mass is 242 g/mol. The lowest BCUT2D eigenvalue weighted by molar-refractivity contribution is -0.168. The van der Waals surface area contributed by atoms with Gasteiger partial charge in [-0.2, -0.15) is 18.4 Å². The van der Waals surface area contributed by atoms with Crippen LogP contribution in [0.15, 0.2) is 0 Å². The number of rotatable bonds is 2. The molecule has 0 rings (SSSR count). The molecule has 0 aromatic heterocycles. The van der Waals surface area contributed by atoms with Crippen molar-refractivity contribution in [2.24, 2.45) is 0 Å². The summed E-state index contributed by atoms with van der Waals surface area (Å²) in [6.45, 7) is 5.22. The molecule has 1 N–H and O–H groups in total. The number of hydrogen-bond acceptors (Lipinski definition) is 2. The summed E-state index contributed by atoms with van der Waals surface area (Å²) in [5.41, 5.74) is -2.79. The quantitative estimate of drug-likeness (QED) is 0.803. The molecule has 3 nitrogen and oxygen atoms in total. The SMILES string of the molecule is CC(C)(C)S(=O)N[C@@](C)(C#N)C(F)(F)F. The lowest BCUT2D eigenvalue weighted by atomic mass is 10.1. The minimum atomic E-state index is -4.76. The van der Waals surface area contributed by atoms with Gasteiger partial charge in [-0.25, -0.2) is 8.93 Å². The smallest absolute Gasteiger partial charge is 0.242 e. The molecule has 0 fully saturated rings. The van der Waals surface area contributed by atoms with Crippen LogP contribution >= 0.6 is 0 Å². The summed E-state index contributed by atoms with van der Waals surface area (Å²) >= 11 is 0. The van der Waals surface area contributed by atoms with Gasteiger partial charge < -0.3 is 0 Å². The summed E-state index contributed by atoms with van der Waals surface area (Å²) in [7, 11) is -1.95. The van der Waals surface area contributed by atoms with E-state index in [1.807, 2.05) is 4.72 Å². The molecule has 0 radical (unpaired) electrons. The Hall–Kier alpha value is -0.610. The van der Waals surface area contributed by atoms with E-state index in [9.17, 15) is 17.4 Å². The molecule has 1 unspecified atom stereocenters. The van der Waals surface area contributed by atoms with Crippen LogP contribution in [0.4, 0.5) is 13.2 Å². The molecule has 0 bridgehead atoms. The minimum absolute atomic E-state index is 0.663. The van der Waals surface area contributed by atoms with Crippen molar-refractivity contribution >= 4 is 11.0 Å². The predicted octanol–water partition coefficient (Wildman–Crippen LogP) is 1.88. The second-order valence-corrected chi connectivity index (χ2v) is 6.18. The molecule has 15 heavy (non-hydrogen) atoms. The van der Waals surface area contributed by atoms with E-state index < -0.39 is 27.4 Å². The average molecular weight is 242 g/mol. The van der Waals surface area contributed by atoms with Gasteiger partial charge in [-0.15, -0.1) is 0 Å². The molecule has 0 aliphatic rings. The number of hydrogen-bond donors (Lipinski definition) is 1. The van der Waals surface area contributed by atoms with Gasteiger partial charge in [0, 0.05) is 0 Å². The predicted molar refractivity (Wildman–Crippen MR) is 51.1 cm³/mol. The van der Waals surface area contributed by atoms with Crippen molar-refractivity contribution in [2.45, 2.75) is 44.2 Å². The molecule has 88 valence electrons. The van der Waals surface area contributed by atoms with Crippen LogP contribution in [-0.2, 0) is 11.0 Å². The Kier molecular flexibility index (Phi) is 3.93. The number of halogens is 3. The lowest BCUT2D eigenvalue weighted by Gasteiger charge is -2.29. The van der Waals surface area contributed by atoms with E-state index in [2.05, 4.69) is 0 Å². The molecular formula is C8H13F3N2OS. The summed E-state index contributed by atoms with van der Waals surface area (Å²) in [6, 6.07) is 1.09. The van der Waals surface area contributed by atoms with Crippen LogP contribution in [-0.4, -0.2) is 20.7 Å². The van der Waals surface area contributed by atoms with Crippen molar-refractivity contribution in [2.75, 3.05) is 0 Å². The molecule has 0 spiro atoms. The summed E-state index contributed by atoms with van der Waals surface area (Å²) in [5.74, 6) is 0. The topological polar surface area (TPSA) is 52.9 Å². The Morgan fingerprint density at radius 3 is 1.80 bits per heavy atom. The molecule has 0 saturated heterocycles. The highest BCUT2D eigenvalue weighted by Gasteiger charge is 2.53. The van der Waals surface area contributed by atoms with Crippen LogP contribution in [0.25, 0.3) is 0 Å². The van der Waals surface area contributed by atoms with Gasteiger partial charge >= 0.3 is 6.18 Å². The van der Waals surface area contributed by atoms with Gasteiger partial charge in [-0.3, -0.25) is 0 Å². The molecular weight excluding hydrogens is 229 g/mol. The van der Waals surface area contributed by atoms with E-state index in [1.54, 1.807) is 0 Å². The zero-order valence-corrected chi connectivity index (χ0v) is 9.71. The molecule has 0 aliphatic carbocycles. The molecule has 0 aromatic carbocycles. The van der Waals surface area contributed by atoms with E-state index in [0.717, 1.165) is 6.07 Å². The van der Waals surface area contributed by atoms with Crippen LogP contribution in [0.3, 0.4) is 0 Å². The van der Waals surface area contributed by atoms with Crippen LogP contribution in [0.5, 0.6) is 0 Å². The third-order valence-electron chi connectivity index (χ3n) is 1.64. The first-order valence-electron chi connectivity index (χ1n) is 4.12. The maximum atomic E-state index is 12.4. The standard InChI is InChI=1S/C8H13F3N2OS/c1-6(2,3)15(14)13-7(4,5-12)8(9,10)11/h13H,1-4H3/t7-,15?/m0/s1. The van der Waals surface area contributed by atoms with E-state index in [-0.39, 0.29) is 0 Å². The van der Waals surface area contributed by atoms with E-state index in [1.165, 1.54) is 20.8 Å². The number of alkyl halides is 3. The van der Waals surface area contributed by atoms with Crippen molar-refractivity contribution in [1.82, 2.24) is 4.72 Å². The van der Waals surface area contributed by atoms with Crippen LogP contribution in [0.1, 0.15) is 27.7 Å². The second-order valence-electron chi connectivity index (χ2n) is 4.22. The Bertz CT molecular complexity index is 302. The number of nitriles is 1. The first kappa shape index (κ1) is 14.4. The summed E-state index contributed by atoms with van der Waals surface area (Å²) < 4.78 is 49.7. The van der Waals surface area contributed by atoms with Crippen molar-refractivity contribution in [3.05, 3.63) is 0 Å². The minimum Gasteiger partial charge on any atom is -0.242 e. The molecule has 7 heteroatoms. The van der Waals surface area contributed by atoms with Crippen molar-refractivity contribution < 1.29 is 17.4 Å². The van der Waals surface area contributed by atoms with E-state index in [4.69, 9.17) is 5.26 Å². The van der Waals surface area contributed by atoms with Crippen molar-refractivity contribution in [3.63, 3.8) is 0 Å². The third-order valence-corrected chi connectivity index (χ3v) is 3.35. The Morgan fingerprint density at radius 1 is 1.20 bits per heavy atom. The van der Waals surface area contributed by atoms with Gasteiger partial charge in [-0.1, -0.05) is 0 Å². The van der Waals surface area contributed by atoms with Gasteiger partial charge in [0.05, 0.1) is 21.8 Å². The number of nitrogens with zero attached hydrogens (tertiary/aromatic N) is 1. The lowest BCUT2D eigenvalue weighted by Crippen LogP contribution is -2.56. The Balaban J connectivity index is 4.94. The van der Waals surface area contributed by atoms with Gasteiger partial charge in [0.2, 0.25) is 5.54 Å². The van der Waals surface area contributed by atoms with E-state index in [0.29, 0.717) is 6.92 Å². The average Bonchev–Trinajstić information content (AvgIpc) is 2.00.